The average Bonchev–Trinajstić information content (AvgIpc) is 2.38. The zero-order valence-electron chi connectivity index (χ0n) is 10.7. The normalized spacial score (nSPS) is 9.72. The van der Waals surface area contributed by atoms with Crippen molar-refractivity contribution in [3.05, 3.63) is 24.0 Å². The first-order valence-electron chi connectivity index (χ1n) is 5.49. The molecular weight excluding hydrogens is 236 g/mol. The lowest BCUT2D eigenvalue weighted by Crippen LogP contribution is -2.33. The molecule has 0 aromatic carbocycles. The number of likely N-dealkylation sites (N-methyl/N-ethyl adjacent to an activating group) is 1. The molecule has 0 unspecified atom stereocenters. The van der Waals surface area contributed by atoms with Crippen LogP contribution in [0.25, 0.3) is 0 Å². The summed E-state index contributed by atoms with van der Waals surface area (Å²) in [7, 11) is 2.98. The van der Waals surface area contributed by atoms with Gasteiger partial charge in [0.25, 0.3) is 5.91 Å². The van der Waals surface area contributed by atoms with Crippen molar-refractivity contribution in [1.29, 1.82) is 0 Å². The Morgan fingerprint density at radius 1 is 1.44 bits per heavy atom. The van der Waals surface area contributed by atoms with Crippen LogP contribution in [0.3, 0.4) is 0 Å². The predicted molar refractivity (Wildman–Crippen MR) is 64.4 cm³/mol. The van der Waals surface area contributed by atoms with E-state index >= 15 is 0 Å². The number of carbonyl (C=O) groups is 2. The van der Waals surface area contributed by atoms with Crippen LogP contribution in [-0.4, -0.2) is 49.1 Å². The van der Waals surface area contributed by atoms with Crippen molar-refractivity contribution >= 4 is 11.9 Å². The van der Waals surface area contributed by atoms with Crippen LogP contribution >= 0.6 is 0 Å². The van der Waals surface area contributed by atoms with Crippen molar-refractivity contribution in [2.24, 2.45) is 0 Å². The monoisotopic (exact) mass is 252 g/mol. The van der Waals surface area contributed by atoms with Gasteiger partial charge in [0.05, 0.1) is 25.5 Å². The van der Waals surface area contributed by atoms with E-state index in [9.17, 15) is 9.59 Å². The van der Waals surface area contributed by atoms with Crippen molar-refractivity contribution in [1.82, 2.24) is 9.88 Å². The van der Waals surface area contributed by atoms with E-state index in [1.165, 1.54) is 31.5 Å². The molecule has 1 aromatic heterocycles. The van der Waals surface area contributed by atoms with Gasteiger partial charge in [-0.3, -0.25) is 14.6 Å². The van der Waals surface area contributed by atoms with Gasteiger partial charge >= 0.3 is 5.97 Å². The maximum atomic E-state index is 12.1. The van der Waals surface area contributed by atoms with Crippen LogP contribution in [0, 0.1) is 0 Å². The molecule has 0 saturated carbocycles. The standard InChI is InChI=1S/C12H16N2O4/c1-4-18-11(15)8-14(2)12(16)9-5-6-13-7-10(9)17-3/h5-7H,4,8H2,1-3H3. The number of nitrogens with zero attached hydrogens (tertiary/aromatic N) is 2. The van der Waals surface area contributed by atoms with Crippen LogP contribution in [0.5, 0.6) is 5.75 Å². The Kier molecular flexibility index (Phi) is 5.10. The first-order chi connectivity index (χ1) is 8.60. The minimum Gasteiger partial charge on any atom is -0.494 e. The summed E-state index contributed by atoms with van der Waals surface area (Å²) in [5.74, 6) is -0.387. The maximum Gasteiger partial charge on any atom is 0.325 e. The molecular formula is C12H16N2O4. The largest absolute Gasteiger partial charge is 0.494 e. The molecule has 1 amide bonds. The van der Waals surface area contributed by atoms with Gasteiger partial charge in [-0.05, 0) is 13.0 Å². The molecule has 0 bridgehead atoms. The summed E-state index contributed by atoms with van der Waals surface area (Å²) in [5, 5.41) is 0. The van der Waals surface area contributed by atoms with E-state index in [1.54, 1.807) is 13.0 Å². The summed E-state index contributed by atoms with van der Waals surface area (Å²) in [6.07, 6.45) is 2.94. The Labute approximate surface area is 106 Å². The van der Waals surface area contributed by atoms with Crippen LogP contribution in [0.15, 0.2) is 18.5 Å². The van der Waals surface area contributed by atoms with E-state index in [1.807, 2.05) is 0 Å². The molecule has 98 valence electrons. The van der Waals surface area contributed by atoms with Gasteiger partial charge in [-0.1, -0.05) is 0 Å². The molecule has 0 fully saturated rings. The summed E-state index contributed by atoms with van der Waals surface area (Å²) in [4.78, 5) is 28.5. The molecule has 0 saturated heterocycles. The zero-order chi connectivity index (χ0) is 13.5. The van der Waals surface area contributed by atoms with Crippen molar-refractivity contribution in [3.8, 4) is 5.75 Å². The van der Waals surface area contributed by atoms with Crippen molar-refractivity contribution in [2.45, 2.75) is 6.92 Å². The van der Waals surface area contributed by atoms with Gasteiger partial charge in [-0.25, -0.2) is 0 Å². The Hall–Kier alpha value is -2.11. The number of methoxy groups -OCH3 is 1. The second-order valence-corrected chi connectivity index (χ2v) is 3.54. The van der Waals surface area contributed by atoms with E-state index in [0.717, 1.165) is 0 Å². The lowest BCUT2D eigenvalue weighted by molar-refractivity contribution is -0.143. The fourth-order valence-electron chi connectivity index (χ4n) is 1.40. The second kappa shape index (κ2) is 6.58. The molecule has 0 aliphatic rings. The first kappa shape index (κ1) is 14.0. The molecule has 0 N–H and O–H groups in total. The SMILES string of the molecule is CCOC(=O)CN(C)C(=O)c1ccncc1OC. The summed E-state index contributed by atoms with van der Waals surface area (Å²) in [6, 6.07) is 1.54. The molecule has 1 heterocycles. The Morgan fingerprint density at radius 2 is 2.17 bits per heavy atom. The number of aromatic nitrogens is 1. The van der Waals surface area contributed by atoms with Gasteiger partial charge in [0.2, 0.25) is 0 Å². The lowest BCUT2D eigenvalue weighted by atomic mass is 10.2. The third-order valence-corrected chi connectivity index (χ3v) is 2.25. The third-order valence-electron chi connectivity index (χ3n) is 2.25. The van der Waals surface area contributed by atoms with Crippen LogP contribution < -0.4 is 4.74 Å². The minimum absolute atomic E-state index is 0.0991. The number of hydrogen-bond donors (Lipinski definition) is 0. The number of hydrogen-bond acceptors (Lipinski definition) is 5. The highest BCUT2D eigenvalue weighted by atomic mass is 16.5. The molecule has 1 aromatic rings. The van der Waals surface area contributed by atoms with E-state index in [0.29, 0.717) is 17.9 Å². The number of esters is 1. The summed E-state index contributed by atoms with van der Waals surface area (Å²) in [6.45, 7) is 1.91. The highest BCUT2D eigenvalue weighted by Crippen LogP contribution is 2.17. The molecule has 0 radical (unpaired) electrons. The van der Waals surface area contributed by atoms with Gasteiger partial charge in [-0.2, -0.15) is 0 Å². The van der Waals surface area contributed by atoms with E-state index in [2.05, 4.69) is 4.98 Å². The van der Waals surface area contributed by atoms with Crippen LogP contribution in [-0.2, 0) is 9.53 Å². The molecule has 0 atom stereocenters. The highest BCUT2D eigenvalue weighted by Gasteiger charge is 2.18. The van der Waals surface area contributed by atoms with Gasteiger partial charge < -0.3 is 14.4 Å². The number of carbonyl (C=O) groups excluding carboxylic acids is 2. The summed E-state index contributed by atoms with van der Waals surface area (Å²) in [5.41, 5.74) is 0.360. The Bertz CT molecular complexity index is 434. The molecule has 6 heteroatoms. The Balaban J connectivity index is 2.77. The predicted octanol–water partition coefficient (Wildman–Crippen LogP) is 0.725. The fraction of sp³-hybridized carbons (Fsp3) is 0.417. The number of ether oxygens (including phenoxy) is 2. The van der Waals surface area contributed by atoms with Crippen molar-refractivity contribution in [2.75, 3.05) is 27.3 Å². The first-order valence-corrected chi connectivity index (χ1v) is 5.49. The number of rotatable bonds is 5. The molecule has 1 rings (SSSR count). The molecule has 0 spiro atoms. The lowest BCUT2D eigenvalue weighted by Gasteiger charge is -2.17. The maximum absolute atomic E-state index is 12.1. The van der Waals surface area contributed by atoms with Crippen molar-refractivity contribution < 1.29 is 19.1 Å². The number of amides is 1. The highest BCUT2D eigenvalue weighted by molar-refractivity contribution is 5.98. The van der Waals surface area contributed by atoms with E-state index < -0.39 is 5.97 Å². The third kappa shape index (κ3) is 3.44. The fourth-order valence-corrected chi connectivity index (χ4v) is 1.40. The molecule has 6 nitrogen and oxygen atoms in total. The van der Waals surface area contributed by atoms with Crippen LogP contribution in [0.1, 0.15) is 17.3 Å². The van der Waals surface area contributed by atoms with E-state index in [4.69, 9.17) is 9.47 Å². The van der Waals surface area contributed by atoms with Crippen LogP contribution in [0.4, 0.5) is 0 Å². The number of pyridine rings is 1. The summed E-state index contributed by atoms with van der Waals surface area (Å²) >= 11 is 0. The van der Waals surface area contributed by atoms with Crippen LogP contribution in [0.2, 0.25) is 0 Å². The quantitative estimate of drug-likeness (QED) is 0.722. The minimum atomic E-state index is -0.443. The zero-order valence-corrected chi connectivity index (χ0v) is 10.7. The smallest absolute Gasteiger partial charge is 0.325 e. The van der Waals surface area contributed by atoms with Gasteiger partial charge in [0.1, 0.15) is 12.3 Å². The van der Waals surface area contributed by atoms with Gasteiger partial charge in [0, 0.05) is 13.2 Å². The molecule has 18 heavy (non-hydrogen) atoms. The average molecular weight is 252 g/mol. The topological polar surface area (TPSA) is 68.7 Å². The van der Waals surface area contributed by atoms with E-state index in [-0.39, 0.29) is 12.5 Å². The molecule has 0 aliphatic carbocycles. The van der Waals surface area contributed by atoms with Crippen molar-refractivity contribution in [3.63, 3.8) is 0 Å². The molecule has 0 aliphatic heterocycles. The summed E-state index contributed by atoms with van der Waals surface area (Å²) < 4.78 is 9.82. The van der Waals surface area contributed by atoms with Gasteiger partial charge in [0.15, 0.2) is 0 Å². The Morgan fingerprint density at radius 3 is 2.78 bits per heavy atom. The van der Waals surface area contributed by atoms with Gasteiger partial charge in [-0.15, -0.1) is 0 Å². The second-order valence-electron chi connectivity index (χ2n) is 3.54.